The third kappa shape index (κ3) is 10.2. The molecule has 4 heteroatoms. The van der Waals surface area contributed by atoms with Crippen LogP contribution in [-0.4, -0.2) is 38.6 Å². The summed E-state index contributed by atoms with van der Waals surface area (Å²) in [6.07, 6.45) is 15.4. The molecule has 4 rings (SSSR count). The Labute approximate surface area is 279 Å². The van der Waals surface area contributed by atoms with E-state index in [-0.39, 0.29) is 6.61 Å². The summed E-state index contributed by atoms with van der Waals surface area (Å²) in [5, 5.41) is 9.33. The van der Waals surface area contributed by atoms with Gasteiger partial charge in [0.2, 0.25) is 0 Å². The molecule has 3 aromatic carbocycles. The van der Waals surface area contributed by atoms with E-state index in [0.29, 0.717) is 43.7 Å². The summed E-state index contributed by atoms with van der Waals surface area (Å²) in [4.78, 5) is 0. The van der Waals surface area contributed by atoms with Crippen molar-refractivity contribution in [1.82, 2.24) is 0 Å². The van der Waals surface area contributed by atoms with Crippen molar-refractivity contribution < 1.29 is 19.3 Å². The van der Waals surface area contributed by atoms with Crippen molar-refractivity contribution in [2.45, 2.75) is 104 Å². The summed E-state index contributed by atoms with van der Waals surface area (Å²) in [7, 11) is 1.66. The maximum absolute atomic E-state index is 9.33. The highest BCUT2D eigenvalue weighted by Gasteiger charge is 2.23. The molecule has 1 aliphatic rings. The zero-order valence-electron chi connectivity index (χ0n) is 29.0. The Morgan fingerprint density at radius 1 is 0.783 bits per heavy atom. The van der Waals surface area contributed by atoms with Crippen molar-refractivity contribution in [3.05, 3.63) is 83.4 Å². The van der Waals surface area contributed by atoms with Crippen LogP contribution in [0, 0.1) is 12.8 Å². The molecule has 1 aliphatic carbocycles. The van der Waals surface area contributed by atoms with Gasteiger partial charge in [0.1, 0.15) is 6.61 Å². The van der Waals surface area contributed by atoms with Crippen LogP contribution in [0.2, 0.25) is 0 Å². The molecular weight excluding hydrogens is 568 g/mol. The van der Waals surface area contributed by atoms with Crippen molar-refractivity contribution in [3.8, 4) is 33.8 Å². The Kier molecular flexibility index (Phi) is 14.7. The Morgan fingerprint density at radius 3 is 2.22 bits per heavy atom. The van der Waals surface area contributed by atoms with Gasteiger partial charge >= 0.3 is 0 Å². The lowest BCUT2D eigenvalue weighted by Gasteiger charge is -2.30. The van der Waals surface area contributed by atoms with Gasteiger partial charge in [0.25, 0.3) is 0 Å². The first-order valence-corrected chi connectivity index (χ1v) is 17.9. The molecule has 0 atom stereocenters. The normalized spacial score (nSPS) is 16.4. The smallest absolute Gasteiger partial charge is 0.161 e. The molecule has 46 heavy (non-hydrogen) atoms. The standard InChI is InChI=1S/C42H58O4/c1-6-8-9-10-11-12-33-13-15-35(16-14-33)39-20-17-36(27-32(39)4)37-18-21-40(34(7-2)28-37)38-19-22-41(46-26-25-44-5)42(29-38)45-24-23-31(3)30-43/h17-22,27-29,33,35,43H,3,6-16,23-26,30H2,1-2,4-5H3. The van der Waals surface area contributed by atoms with Crippen LogP contribution < -0.4 is 9.47 Å². The zero-order chi connectivity index (χ0) is 32.7. The second-order valence-corrected chi connectivity index (χ2v) is 13.2. The number of hydrogen-bond donors (Lipinski definition) is 1. The van der Waals surface area contributed by atoms with E-state index in [1.165, 1.54) is 92.0 Å². The predicted molar refractivity (Wildman–Crippen MR) is 193 cm³/mol. The molecule has 0 radical (unpaired) electrons. The van der Waals surface area contributed by atoms with Crippen molar-refractivity contribution in [2.24, 2.45) is 5.92 Å². The van der Waals surface area contributed by atoms with Gasteiger partial charge in [-0.3, -0.25) is 0 Å². The third-order valence-corrected chi connectivity index (χ3v) is 9.83. The Bertz CT molecular complexity index is 1370. The first kappa shape index (κ1) is 35.8. The molecule has 1 saturated carbocycles. The molecule has 0 saturated heterocycles. The number of methoxy groups -OCH3 is 1. The summed E-state index contributed by atoms with van der Waals surface area (Å²) in [5.74, 6) is 3.03. The molecule has 0 heterocycles. The fourth-order valence-corrected chi connectivity index (χ4v) is 6.99. The average molecular weight is 627 g/mol. The van der Waals surface area contributed by atoms with E-state index in [9.17, 15) is 5.11 Å². The summed E-state index contributed by atoms with van der Waals surface area (Å²) in [6.45, 7) is 12.1. The van der Waals surface area contributed by atoms with Crippen LogP contribution in [0.5, 0.6) is 11.5 Å². The first-order valence-electron chi connectivity index (χ1n) is 17.9. The molecule has 4 nitrogen and oxygen atoms in total. The predicted octanol–water partition coefficient (Wildman–Crippen LogP) is 10.9. The number of unbranched alkanes of at least 4 members (excludes halogenated alkanes) is 4. The number of benzene rings is 3. The molecule has 0 aliphatic heterocycles. The van der Waals surface area contributed by atoms with E-state index in [1.807, 2.05) is 6.07 Å². The number of ether oxygens (including phenoxy) is 3. The lowest BCUT2D eigenvalue weighted by atomic mass is 9.76. The van der Waals surface area contributed by atoms with Crippen LogP contribution in [0.4, 0.5) is 0 Å². The molecule has 250 valence electrons. The second-order valence-electron chi connectivity index (χ2n) is 13.2. The SMILES string of the molecule is C=C(CO)CCOc1cc(-c2ccc(-c3ccc(C4CCC(CCCCCCC)CC4)c(C)c3)cc2CC)ccc1OCCOC. The minimum absolute atomic E-state index is 0.0324. The minimum atomic E-state index is -0.0324. The zero-order valence-corrected chi connectivity index (χ0v) is 29.0. The fraction of sp³-hybridized carbons (Fsp3) is 0.524. The molecule has 0 amide bonds. The Balaban J connectivity index is 1.46. The van der Waals surface area contributed by atoms with E-state index in [2.05, 4.69) is 75.9 Å². The fourth-order valence-electron chi connectivity index (χ4n) is 6.99. The van der Waals surface area contributed by atoms with E-state index < -0.39 is 0 Å². The van der Waals surface area contributed by atoms with Crippen LogP contribution in [-0.2, 0) is 11.2 Å². The molecule has 0 spiro atoms. The highest BCUT2D eigenvalue weighted by molar-refractivity contribution is 5.75. The summed E-state index contributed by atoms with van der Waals surface area (Å²) < 4.78 is 17.3. The molecule has 1 N–H and O–H groups in total. The maximum atomic E-state index is 9.33. The third-order valence-electron chi connectivity index (χ3n) is 9.83. The number of aliphatic hydroxyl groups excluding tert-OH is 1. The van der Waals surface area contributed by atoms with Crippen LogP contribution in [0.25, 0.3) is 22.3 Å². The van der Waals surface area contributed by atoms with Gasteiger partial charge in [0.05, 0.1) is 19.8 Å². The number of rotatable bonds is 19. The van der Waals surface area contributed by atoms with Gasteiger partial charge < -0.3 is 19.3 Å². The van der Waals surface area contributed by atoms with Gasteiger partial charge in [-0.05, 0) is 108 Å². The second kappa shape index (κ2) is 18.9. The summed E-state index contributed by atoms with van der Waals surface area (Å²) >= 11 is 0. The van der Waals surface area contributed by atoms with Crippen LogP contribution >= 0.6 is 0 Å². The van der Waals surface area contributed by atoms with E-state index in [1.54, 1.807) is 12.7 Å². The Morgan fingerprint density at radius 2 is 1.50 bits per heavy atom. The van der Waals surface area contributed by atoms with Crippen LogP contribution in [0.3, 0.4) is 0 Å². The monoisotopic (exact) mass is 626 g/mol. The number of aryl methyl sites for hydroxylation is 2. The van der Waals surface area contributed by atoms with Gasteiger partial charge in [-0.1, -0.05) is 101 Å². The van der Waals surface area contributed by atoms with Crippen molar-refractivity contribution >= 4 is 0 Å². The Hall–Kier alpha value is -3.08. The lowest BCUT2D eigenvalue weighted by Crippen LogP contribution is -2.14. The minimum Gasteiger partial charge on any atom is -0.489 e. The maximum Gasteiger partial charge on any atom is 0.161 e. The van der Waals surface area contributed by atoms with E-state index in [4.69, 9.17) is 14.2 Å². The first-order chi connectivity index (χ1) is 22.5. The van der Waals surface area contributed by atoms with Crippen molar-refractivity contribution in [1.29, 1.82) is 0 Å². The molecule has 1 fully saturated rings. The average Bonchev–Trinajstić information content (AvgIpc) is 3.08. The number of aliphatic hydroxyl groups is 1. The van der Waals surface area contributed by atoms with Crippen LogP contribution in [0.1, 0.15) is 107 Å². The van der Waals surface area contributed by atoms with Crippen molar-refractivity contribution in [2.75, 3.05) is 33.5 Å². The molecule has 0 unspecified atom stereocenters. The highest BCUT2D eigenvalue weighted by Crippen LogP contribution is 2.40. The van der Waals surface area contributed by atoms with Gasteiger partial charge in [0.15, 0.2) is 11.5 Å². The molecule has 0 bridgehead atoms. The lowest BCUT2D eigenvalue weighted by molar-refractivity contribution is 0.143. The quantitative estimate of drug-likeness (QED) is 0.106. The summed E-state index contributed by atoms with van der Waals surface area (Å²) in [6, 6.07) is 20.2. The summed E-state index contributed by atoms with van der Waals surface area (Å²) in [5.41, 5.74) is 9.90. The van der Waals surface area contributed by atoms with Gasteiger partial charge in [0, 0.05) is 13.5 Å². The molecule has 3 aromatic rings. The van der Waals surface area contributed by atoms with Gasteiger partial charge in [-0.25, -0.2) is 0 Å². The molecule has 0 aromatic heterocycles. The van der Waals surface area contributed by atoms with Gasteiger partial charge in [-0.15, -0.1) is 0 Å². The van der Waals surface area contributed by atoms with Crippen LogP contribution in [0.15, 0.2) is 66.7 Å². The molecular formula is C42H58O4. The largest absolute Gasteiger partial charge is 0.489 e. The van der Waals surface area contributed by atoms with E-state index in [0.717, 1.165) is 23.5 Å². The number of hydrogen-bond acceptors (Lipinski definition) is 4. The van der Waals surface area contributed by atoms with Gasteiger partial charge in [-0.2, -0.15) is 0 Å². The highest BCUT2D eigenvalue weighted by atomic mass is 16.5. The topological polar surface area (TPSA) is 47.9 Å². The van der Waals surface area contributed by atoms with Crippen molar-refractivity contribution in [3.63, 3.8) is 0 Å². The van der Waals surface area contributed by atoms with E-state index >= 15 is 0 Å².